The van der Waals surface area contributed by atoms with Gasteiger partial charge < -0.3 is 9.47 Å². The number of nitrogens with zero attached hydrogens (tertiary/aromatic N) is 3. The molecule has 0 radical (unpaired) electrons. The van der Waals surface area contributed by atoms with Crippen molar-refractivity contribution in [3.63, 3.8) is 0 Å². The summed E-state index contributed by atoms with van der Waals surface area (Å²) < 4.78 is 15.4. The Hall–Kier alpha value is -2.17. The van der Waals surface area contributed by atoms with E-state index in [1.807, 2.05) is 23.2 Å². The number of piperidine rings is 1. The molecule has 0 unspecified atom stereocenters. The molecule has 0 N–H and O–H groups in total. The zero-order chi connectivity index (χ0) is 19.4. The first-order valence-corrected chi connectivity index (χ1v) is 9.95. The number of aryl methyl sites for hydroxylation is 1. The maximum Gasteiger partial charge on any atom is 0.222 e. The van der Waals surface area contributed by atoms with Crippen LogP contribution in [0.2, 0.25) is 0 Å². The SMILES string of the molecule is Cc1cnc(CC2CCN(C(=O)CC(C)C)CC2)n1Cc1ccc(F)cc1. The second kappa shape index (κ2) is 8.68. The molecule has 1 aliphatic rings. The Morgan fingerprint density at radius 2 is 1.89 bits per heavy atom. The maximum atomic E-state index is 13.1. The number of amides is 1. The van der Waals surface area contributed by atoms with E-state index in [1.165, 1.54) is 12.1 Å². The van der Waals surface area contributed by atoms with E-state index in [2.05, 4.69) is 30.3 Å². The predicted octanol–water partition coefficient (Wildman–Crippen LogP) is 4.21. The molecule has 4 nitrogen and oxygen atoms in total. The summed E-state index contributed by atoms with van der Waals surface area (Å²) in [6.07, 6.45) is 5.56. The number of carbonyl (C=O) groups excluding carboxylic acids is 1. The number of benzene rings is 1. The fourth-order valence-electron chi connectivity index (χ4n) is 3.79. The van der Waals surface area contributed by atoms with Crippen molar-refractivity contribution >= 4 is 5.91 Å². The lowest BCUT2D eigenvalue weighted by Gasteiger charge is -2.32. The van der Waals surface area contributed by atoms with Crippen molar-refractivity contribution in [1.29, 1.82) is 0 Å². The monoisotopic (exact) mass is 371 g/mol. The minimum absolute atomic E-state index is 0.208. The van der Waals surface area contributed by atoms with E-state index in [1.54, 1.807) is 0 Å². The van der Waals surface area contributed by atoms with Crippen LogP contribution >= 0.6 is 0 Å². The summed E-state index contributed by atoms with van der Waals surface area (Å²) in [5.41, 5.74) is 2.20. The van der Waals surface area contributed by atoms with Crippen LogP contribution in [0.4, 0.5) is 4.39 Å². The second-order valence-electron chi connectivity index (χ2n) is 8.15. The van der Waals surface area contributed by atoms with Crippen molar-refractivity contribution in [2.24, 2.45) is 11.8 Å². The lowest BCUT2D eigenvalue weighted by atomic mass is 9.92. The highest BCUT2D eigenvalue weighted by atomic mass is 19.1. The summed E-state index contributed by atoms with van der Waals surface area (Å²) in [5, 5.41) is 0. The number of rotatable bonds is 6. The average Bonchev–Trinajstić information content (AvgIpc) is 2.97. The van der Waals surface area contributed by atoms with Crippen molar-refractivity contribution in [1.82, 2.24) is 14.5 Å². The van der Waals surface area contributed by atoms with Gasteiger partial charge in [0.25, 0.3) is 0 Å². The summed E-state index contributed by atoms with van der Waals surface area (Å²) in [6, 6.07) is 6.67. The van der Waals surface area contributed by atoms with Crippen LogP contribution in [0.25, 0.3) is 0 Å². The summed E-state index contributed by atoms with van der Waals surface area (Å²) in [6.45, 7) is 8.67. The lowest BCUT2D eigenvalue weighted by molar-refractivity contribution is -0.133. The molecule has 0 aliphatic carbocycles. The van der Waals surface area contributed by atoms with E-state index in [0.717, 1.165) is 49.4 Å². The van der Waals surface area contributed by atoms with Crippen LogP contribution < -0.4 is 0 Å². The van der Waals surface area contributed by atoms with Gasteiger partial charge in [0.2, 0.25) is 5.91 Å². The maximum absolute atomic E-state index is 13.1. The highest BCUT2D eigenvalue weighted by Crippen LogP contribution is 2.23. The van der Waals surface area contributed by atoms with Crippen LogP contribution in [-0.2, 0) is 17.8 Å². The fourth-order valence-corrected chi connectivity index (χ4v) is 3.79. The quantitative estimate of drug-likeness (QED) is 0.763. The number of likely N-dealkylation sites (tertiary alicyclic amines) is 1. The van der Waals surface area contributed by atoms with Crippen LogP contribution in [0.1, 0.15) is 50.2 Å². The molecule has 0 bridgehead atoms. The molecule has 0 atom stereocenters. The molecule has 27 heavy (non-hydrogen) atoms. The smallest absolute Gasteiger partial charge is 0.222 e. The van der Waals surface area contributed by atoms with E-state index >= 15 is 0 Å². The van der Waals surface area contributed by atoms with E-state index in [0.29, 0.717) is 24.8 Å². The molecule has 2 heterocycles. The zero-order valence-corrected chi connectivity index (χ0v) is 16.6. The van der Waals surface area contributed by atoms with E-state index in [4.69, 9.17) is 0 Å². The third-order valence-corrected chi connectivity index (χ3v) is 5.41. The molecular formula is C22H30FN3O. The van der Waals surface area contributed by atoms with Gasteiger partial charge in [-0.25, -0.2) is 9.37 Å². The van der Waals surface area contributed by atoms with Crippen LogP contribution in [0.3, 0.4) is 0 Å². The molecule has 146 valence electrons. The molecule has 1 fully saturated rings. The molecule has 3 rings (SSSR count). The van der Waals surface area contributed by atoms with Crippen LogP contribution in [0.15, 0.2) is 30.5 Å². The highest BCUT2D eigenvalue weighted by Gasteiger charge is 2.24. The molecule has 1 aliphatic heterocycles. The van der Waals surface area contributed by atoms with Gasteiger partial charge in [-0.15, -0.1) is 0 Å². The summed E-state index contributed by atoms with van der Waals surface area (Å²) in [4.78, 5) is 18.9. The first kappa shape index (κ1) is 19.6. The van der Waals surface area contributed by atoms with Crippen LogP contribution in [-0.4, -0.2) is 33.4 Å². The number of imidazole rings is 1. The van der Waals surface area contributed by atoms with Crippen molar-refractivity contribution in [2.45, 2.75) is 53.0 Å². The topological polar surface area (TPSA) is 38.1 Å². The first-order valence-electron chi connectivity index (χ1n) is 9.95. The third kappa shape index (κ3) is 5.18. The fraction of sp³-hybridized carbons (Fsp3) is 0.545. The number of hydrogen-bond acceptors (Lipinski definition) is 2. The molecule has 1 aromatic carbocycles. The normalized spacial score (nSPS) is 15.5. The molecule has 2 aromatic rings. The van der Waals surface area contributed by atoms with E-state index in [-0.39, 0.29) is 11.7 Å². The Bertz CT molecular complexity index is 758. The summed E-state index contributed by atoms with van der Waals surface area (Å²) >= 11 is 0. The minimum atomic E-state index is -0.208. The zero-order valence-electron chi connectivity index (χ0n) is 16.6. The Morgan fingerprint density at radius 1 is 1.22 bits per heavy atom. The van der Waals surface area contributed by atoms with Gasteiger partial charge in [0.1, 0.15) is 11.6 Å². The van der Waals surface area contributed by atoms with Crippen LogP contribution in [0.5, 0.6) is 0 Å². The predicted molar refractivity (Wildman–Crippen MR) is 105 cm³/mol. The molecule has 5 heteroatoms. The summed E-state index contributed by atoms with van der Waals surface area (Å²) in [5.74, 6) is 2.14. The van der Waals surface area contributed by atoms with Gasteiger partial charge in [0.05, 0.1) is 0 Å². The van der Waals surface area contributed by atoms with Gasteiger partial charge in [0, 0.05) is 44.4 Å². The van der Waals surface area contributed by atoms with Gasteiger partial charge in [-0.2, -0.15) is 0 Å². The van der Waals surface area contributed by atoms with Crippen LogP contribution in [0, 0.1) is 24.6 Å². The van der Waals surface area contributed by atoms with Crippen molar-refractivity contribution in [3.05, 3.63) is 53.4 Å². The van der Waals surface area contributed by atoms with Gasteiger partial charge in [-0.05, 0) is 49.3 Å². The molecule has 1 saturated heterocycles. The van der Waals surface area contributed by atoms with Gasteiger partial charge in [0.15, 0.2) is 0 Å². The molecule has 1 aromatic heterocycles. The molecule has 0 saturated carbocycles. The third-order valence-electron chi connectivity index (χ3n) is 5.41. The van der Waals surface area contributed by atoms with E-state index < -0.39 is 0 Å². The average molecular weight is 372 g/mol. The van der Waals surface area contributed by atoms with Crippen molar-refractivity contribution in [3.8, 4) is 0 Å². The first-order chi connectivity index (χ1) is 12.9. The minimum Gasteiger partial charge on any atom is -0.343 e. The molecular weight excluding hydrogens is 341 g/mol. The Labute approximate surface area is 161 Å². The second-order valence-corrected chi connectivity index (χ2v) is 8.15. The van der Waals surface area contributed by atoms with Crippen molar-refractivity contribution < 1.29 is 9.18 Å². The van der Waals surface area contributed by atoms with Gasteiger partial charge in [-0.1, -0.05) is 26.0 Å². The molecule has 0 spiro atoms. The Kier molecular flexibility index (Phi) is 6.30. The number of halogens is 1. The Balaban J connectivity index is 1.59. The number of aromatic nitrogens is 2. The van der Waals surface area contributed by atoms with E-state index in [9.17, 15) is 9.18 Å². The standard InChI is InChI=1S/C22H30FN3O/c1-16(2)12-22(27)25-10-8-18(9-11-25)13-21-24-14-17(3)26(21)15-19-4-6-20(23)7-5-19/h4-7,14,16,18H,8-13,15H2,1-3H3. The largest absolute Gasteiger partial charge is 0.343 e. The number of hydrogen-bond donors (Lipinski definition) is 0. The van der Waals surface area contributed by atoms with Gasteiger partial charge >= 0.3 is 0 Å². The molecule has 1 amide bonds. The van der Waals surface area contributed by atoms with Gasteiger partial charge in [-0.3, -0.25) is 4.79 Å². The van der Waals surface area contributed by atoms with Crippen molar-refractivity contribution in [2.75, 3.05) is 13.1 Å². The summed E-state index contributed by atoms with van der Waals surface area (Å²) in [7, 11) is 0. The Morgan fingerprint density at radius 3 is 2.52 bits per heavy atom. The number of carbonyl (C=O) groups is 1. The lowest BCUT2D eigenvalue weighted by Crippen LogP contribution is -2.39. The highest BCUT2D eigenvalue weighted by molar-refractivity contribution is 5.76.